The molecule has 0 spiro atoms. The molecule has 1 fully saturated rings. The van der Waals surface area contributed by atoms with Crippen LogP contribution in [0.1, 0.15) is 33.1 Å². The van der Waals surface area contributed by atoms with Gasteiger partial charge in [-0.2, -0.15) is 11.8 Å². The van der Waals surface area contributed by atoms with Gasteiger partial charge in [-0.15, -0.1) is 0 Å². The van der Waals surface area contributed by atoms with Gasteiger partial charge in [0, 0.05) is 6.54 Å². The second kappa shape index (κ2) is 6.38. The maximum Gasteiger partial charge on any atom is 0.240 e. The van der Waals surface area contributed by atoms with Crippen molar-refractivity contribution in [2.24, 2.45) is 0 Å². The fourth-order valence-electron chi connectivity index (χ4n) is 2.01. The molecule has 0 saturated carbocycles. The van der Waals surface area contributed by atoms with Crippen LogP contribution in [-0.2, 0) is 4.79 Å². The van der Waals surface area contributed by atoms with Crippen molar-refractivity contribution in [2.45, 2.75) is 45.3 Å². The quantitative estimate of drug-likeness (QED) is 0.705. The van der Waals surface area contributed by atoms with Crippen LogP contribution in [0.2, 0.25) is 0 Å². The summed E-state index contributed by atoms with van der Waals surface area (Å²) < 4.78 is 0. The maximum absolute atomic E-state index is 11.8. The van der Waals surface area contributed by atoms with Gasteiger partial charge in [0.1, 0.15) is 0 Å². The molecule has 1 saturated heterocycles. The monoisotopic (exact) mass is 230 g/mol. The van der Waals surface area contributed by atoms with Crippen LogP contribution in [0.4, 0.5) is 0 Å². The minimum absolute atomic E-state index is 0.0100. The Balaban J connectivity index is 2.45. The summed E-state index contributed by atoms with van der Waals surface area (Å²) in [6, 6.07) is 0.0100. The van der Waals surface area contributed by atoms with Crippen molar-refractivity contribution < 1.29 is 4.79 Å². The highest BCUT2D eigenvalue weighted by Crippen LogP contribution is 2.15. The first kappa shape index (κ1) is 12.8. The first-order valence-corrected chi connectivity index (χ1v) is 7.15. The Morgan fingerprint density at radius 2 is 2.27 bits per heavy atom. The smallest absolute Gasteiger partial charge is 0.240 e. The molecule has 15 heavy (non-hydrogen) atoms. The Hall–Kier alpha value is -0.220. The van der Waals surface area contributed by atoms with Crippen LogP contribution in [-0.4, -0.2) is 41.6 Å². The van der Waals surface area contributed by atoms with Gasteiger partial charge in [0.15, 0.2) is 0 Å². The lowest BCUT2D eigenvalue weighted by atomic mass is 10.2. The van der Waals surface area contributed by atoms with Crippen LogP contribution in [0.3, 0.4) is 0 Å². The van der Waals surface area contributed by atoms with Gasteiger partial charge in [0.2, 0.25) is 5.91 Å². The van der Waals surface area contributed by atoms with E-state index < -0.39 is 0 Å². The summed E-state index contributed by atoms with van der Waals surface area (Å²) in [6.45, 7) is 5.02. The summed E-state index contributed by atoms with van der Waals surface area (Å²) in [7, 11) is 0. The molecule has 2 atom stereocenters. The highest BCUT2D eigenvalue weighted by molar-refractivity contribution is 7.98. The van der Waals surface area contributed by atoms with Crippen LogP contribution >= 0.6 is 11.8 Å². The predicted molar refractivity (Wildman–Crippen MR) is 66.0 cm³/mol. The average Bonchev–Trinajstić information content (AvgIpc) is 2.47. The first-order chi connectivity index (χ1) is 7.20. The lowest BCUT2D eigenvalue weighted by Gasteiger charge is -2.23. The van der Waals surface area contributed by atoms with Crippen LogP contribution < -0.4 is 5.32 Å². The van der Waals surface area contributed by atoms with E-state index in [0.717, 1.165) is 31.6 Å². The Kier molecular flexibility index (Phi) is 5.47. The summed E-state index contributed by atoms with van der Waals surface area (Å²) in [5.74, 6) is 1.41. The minimum Gasteiger partial charge on any atom is -0.326 e. The number of rotatable bonds is 6. The predicted octanol–water partition coefficient (Wildman–Crippen LogP) is 1.69. The molecule has 1 amide bonds. The molecule has 0 aromatic heterocycles. The Labute approximate surface area is 97.0 Å². The van der Waals surface area contributed by atoms with Crippen molar-refractivity contribution in [3.63, 3.8) is 0 Å². The molecule has 1 rings (SSSR count). The van der Waals surface area contributed by atoms with Crippen molar-refractivity contribution in [1.82, 2.24) is 10.2 Å². The average molecular weight is 230 g/mol. The van der Waals surface area contributed by atoms with Gasteiger partial charge in [-0.1, -0.05) is 13.3 Å². The molecular weight excluding hydrogens is 208 g/mol. The molecule has 2 unspecified atom stereocenters. The number of hydrogen-bond donors (Lipinski definition) is 1. The molecule has 1 heterocycles. The largest absolute Gasteiger partial charge is 0.326 e. The number of carbonyl (C=O) groups is 1. The number of nitrogens with zero attached hydrogens (tertiary/aromatic N) is 1. The van der Waals surface area contributed by atoms with E-state index in [0.29, 0.717) is 0 Å². The van der Waals surface area contributed by atoms with Gasteiger partial charge in [0.05, 0.1) is 12.2 Å². The van der Waals surface area contributed by atoms with E-state index in [4.69, 9.17) is 0 Å². The van der Waals surface area contributed by atoms with Gasteiger partial charge >= 0.3 is 0 Å². The third-order valence-corrected chi connectivity index (χ3v) is 3.48. The third-order valence-electron chi connectivity index (χ3n) is 2.78. The lowest BCUT2D eigenvalue weighted by Crippen LogP contribution is -2.38. The Morgan fingerprint density at radius 1 is 1.53 bits per heavy atom. The molecule has 0 radical (unpaired) electrons. The highest BCUT2D eigenvalue weighted by atomic mass is 32.2. The van der Waals surface area contributed by atoms with E-state index in [1.54, 1.807) is 0 Å². The second-order valence-electron chi connectivity index (χ2n) is 4.07. The maximum atomic E-state index is 11.8. The number of carbonyl (C=O) groups excluding carboxylic acids is 1. The number of hydrogen-bond acceptors (Lipinski definition) is 3. The minimum atomic E-state index is 0.0100. The molecule has 1 N–H and O–H groups in total. The molecular formula is C11H22N2OS. The van der Waals surface area contributed by atoms with Gasteiger partial charge in [-0.05, 0) is 31.8 Å². The fraction of sp³-hybridized carbons (Fsp3) is 0.909. The number of thioether (sulfide) groups is 1. The van der Waals surface area contributed by atoms with Crippen molar-refractivity contribution in [1.29, 1.82) is 0 Å². The van der Waals surface area contributed by atoms with Gasteiger partial charge < -0.3 is 4.90 Å². The molecule has 88 valence electrons. The van der Waals surface area contributed by atoms with E-state index in [1.807, 2.05) is 23.6 Å². The van der Waals surface area contributed by atoms with Crippen LogP contribution in [0.15, 0.2) is 0 Å². The topological polar surface area (TPSA) is 32.3 Å². The zero-order chi connectivity index (χ0) is 11.3. The van der Waals surface area contributed by atoms with Crippen LogP contribution in [0.25, 0.3) is 0 Å². The van der Waals surface area contributed by atoms with Crippen molar-refractivity contribution in [3.05, 3.63) is 0 Å². The summed E-state index contributed by atoms with van der Waals surface area (Å²) in [6.07, 6.45) is 5.67. The van der Waals surface area contributed by atoms with E-state index in [9.17, 15) is 4.79 Å². The van der Waals surface area contributed by atoms with Crippen molar-refractivity contribution in [3.8, 4) is 0 Å². The molecule has 1 aliphatic rings. The second-order valence-corrected chi connectivity index (χ2v) is 5.06. The van der Waals surface area contributed by atoms with E-state index in [2.05, 4.69) is 18.5 Å². The Bertz CT molecular complexity index is 211. The number of amides is 1. The molecule has 0 aliphatic carbocycles. The van der Waals surface area contributed by atoms with E-state index in [1.165, 1.54) is 0 Å². The summed E-state index contributed by atoms with van der Waals surface area (Å²) in [5, 5.41) is 3.35. The van der Waals surface area contributed by atoms with Gasteiger partial charge in [-0.3, -0.25) is 10.1 Å². The van der Waals surface area contributed by atoms with Gasteiger partial charge in [0.25, 0.3) is 0 Å². The normalized spacial score (nSPS) is 26.3. The zero-order valence-electron chi connectivity index (χ0n) is 9.95. The standard InChI is InChI=1S/C11H22N2OS/c1-4-6-10-12-9(2)11(14)13(10)7-5-8-15-3/h9-10,12H,4-8H2,1-3H3. The molecule has 3 nitrogen and oxygen atoms in total. The number of nitrogens with one attached hydrogen (secondary N) is 1. The van der Waals surface area contributed by atoms with E-state index in [-0.39, 0.29) is 18.1 Å². The summed E-state index contributed by atoms with van der Waals surface area (Å²) in [5.41, 5.74) is 0. The molecule has 0 bridgehead atoms. The zero-order valence-corrected chi connectivity index (χ0v) is 10.8. The fourth-order valence-corrected chi connectivity index (χ4v) is 2.43. The summed E-state index contributed by atoms with van der Waals surface area (Å²) >= 11 is 1.84. The lowest BCUT2D eigenvalue weighted by molar-refractivity contribution is -0.129. The molecule has 4 heteroatoms. The van der Waals surface area contributed by atoms with Crippen molar-refractivity contribution in [2.75, 3.05) is 18.6 Å². The van der Waals surface area contributed by atoms with Crippen molar-refractivity contribution >= 4 is 17.7 Å². The SMILES string of the molecule is CCCC1NC(C)C(=O)N1CCCSC. The first-order valence-electron chi connectivity index (χ1n) is 5.76. The molecule has 1 aliphatic heterocycles. The Morgan fingerprint density at radius 3 is 2.87 bits per heavy atom. The summed E-state index contributed by atoms with van der Waals surface area (Å²) in [4.78, 5) is 13.9. The van der Waals surface area contributed by atoms with Gasteiger partial charge in [-0.25, -0.2) is 0 Å². The van der Waals surface area contributed by atoms with E-state index >= 15 is 0 Å². The third kappa shape index (κ3) is 3.38. The van der Waals surface area contributed by atoms with Crippen LogP contribution in [0.5, 0.6) is 0 Å². The highest BCUT2D eigenvalue weighted by Gasteiger charge is 2.34. The molecule has 0 aromatic carbocycles. The van der Waals surface area contributed by atoms with Crippen LogP contribution in [0, 0.1) is 0 Å². The molecule has 0 aromatic rings.